The lowest BCUT2D eigenvalue weighted by atomic mass is 9.92. The largest absolute Gasteiger partial charge is 0.456 e. The van der Waals surface area contributed by atoms with E-state index in [9.17, 15) is 9.18 Å². The highest BCUT2D eigenvalue weighted by Gasteiger charge is 2.32. The molecule has 1 fully saturated rings. The fourth-order valence-corrected chi connectivity index (χ4v) is 4.92. The Morgan fingerprint density at radius 1 is 1.18 bits per heavy atom. The first kappa shape index (κ1) is 22.4. The second-order valence-corrected chi connectivity index (χ2v) is 8.92. The summed E-state index contributed by atoms with van der Waals surface area (Å²) in [6, 6.07) is 10.4. The first-order valence-corrected chi connectivity index (χ1v) is 11.8. The fourth-order valence-electron chi connectivity index (χ4n) is 4.92. The van der Waals surface area contributed by atoms with Crippen LogP contribution in [0.15, 0.2) is 48.8 Å². The molecule has 1 amide bonds. The molecule has 178 valence electrons. The van der Waals surface area contributed by atoms with Gasteiger partial charge in [-0.15, -0.1) is 0 Å². The van der Waals surface area contributed by atoms with E-state index in [1.807, 2.05) is 29.9 Å². The zero-order valence-corrected chi connectivity index (χ0v) is 19.5. The third-order valence-corrected chi connectivity index (χ3v) is 6.73. The molecule has 0 aliphatic carbocycles. The lowest BCUT2D eigenvalue weighted by molar-refractivity contribution is 0.175. The number of piperidine rings is 1. The van der Waals surface area contributed by atoms with Gasteiger partial charge in [-0.25, -0.2) is 9.18 Å². The Balaban J connectivity index is 1.60. The number of methoxy groups -OCH3 is 1. The Morgan fingerprint density at radius 2 is 2.00 bits per heavy atom. The number of rotatable bonds is 4. The standard InChI is InChI=1S/C26H29FN4O3/c1-17-6-7-23-24(31(17)26(32)33-2)9-8-22(25(23)34-21-5-3-4-19(27)14-21)18-15-29-30(16-18)20-10-12-28-13-11-20/h3-5,8-9,14-17,20,28H,6-7,10-13H2,1-2H3. The number of aromatic nitrogens is 2. The molecule has 0 spiro atoms. The van der Waals surface area contributed by atoms with Gasteiger partial charge in [0.2, 0.25) is 0 Å². The van der Waals surface area contributed by atoms with E-state index in [0.29, 0.717) is 17.5 Å². The number of hydrogen-bond donors (Lipinski definition) is 1. The molecule has 0 saturated carbocycles. The molecule has 2 aliphatic heterocycles. The van der Waals surface area contributed by atoms with Crippen molar-refractivity contribution in [2.75, 3.05) is 25.1 Å². The molecule has 2 aliphatic rings. The van der Waals surface area contributed by atoms with Crippen molar-refractivity contribution in [3.63, 3.8) is 0 Å². The number of fused-ring (bicyclic) bond motifs is 1. The van der Waals surface area contributed by atoms with Gasteiger partial charge in [0.25, 0.3) is 0 Å². The third-order valence-electron chi connectivity index (χ3n) is 6.73. The summed E-state index contributed by atoms with van der Waals surface area (Å²) in [5.41, 5.74) is 3.45. The normalized spacial score (nSPS) is 18.4. The molecule has 2 aromatic carbocycles. The van der Waals surface area contributed by atoms with E-state index < -0.39 is 6.09 Å². The Bertz CT molecular complexity index is 1190. The maximum Gasteiger partial charge on any atom is 0.414 e. The van der Waals surface area contributed by atoms with Crippen LogP contribution in [0.3, 0.4) is 0 Å². The summed E-state index contributed by atoms with van der Waals surface area (Å²) < 4.78 is 27.4. The van der Waals surface area contributed by atoms with E-state index in [4.69, 9.17) is 9.47 Å². The number of amides is 1. The van der Waals surface area contributed by atoms with Crippen LogP contribution in [0.5, 0.6) is 11.5 Å². The topological polar surface area (TPSA) is 68.6 Å². The van der Waals surface area contributed by atoms with Gasteiger partial charge in [0.05, 0.1) is 25.0 Å². The second kappa shape index (κ2) is 9.46. The monoisotopic (exact) mass is 464 g/mol. The summed E-state index contributed by atoms with van der Waals surface area (Å²) in [7, 11) is 1.39. The number of carbonyl (C=O) groups is 1. The van der Waals surface area contributed by atoms with Gasteiger partial charge in [-0.3, -0.25) is 9.58 Å². The number of benzene rings is 2. The van der Waals surface area contributed by atoms with Crippen molar-refractivity contribution in [3.05, 3.63) is 60.2 Å². The summed E-state index contributed by atoms with van der Waals surface area (Å²) in [6.07, 6.45) is 7.06. The van der Waals surface area contributed by atoms with E-state index in [1.165, 1.54) is 19.2 Å². The maximum absolute atomic E-state index is 13.9. The molecule has 3 aromatic rings. The van der Waals surface area contributed by atoms with Crippen molar-refractivity contribution >= 4 is 11.8 Å². The van der Waals surface area contributed by atoms with Gasteiger partial charge >= 0.3 is 6.09 Å². The van der Waals surface area contributed by atoms with Crippen LogP contribution in [0.25, 0.3) is 11.1 Å². The molecule has 8 heteroatoms. The van der Waals surface area contributed by atoms with Crippen LogP contribution in [0, 0.1) is 5.82 Å². The van der Waals surface area contributed by atoms with Gasteiger partial charge in [0.1, 0.15) is 17.3 Å². The van der Waals surface area contributed by atoms with Gasteiger partial charge in [-0.2, -0.15) is 5.10 Å². The quantitative estimate of drug-likeness (QED) is 0.567. The molecule has 1 saturated heterocycles. The van der Waals surface area contributed by atoms with E-state index >= 15 is 0 Å². The molecular weight excluding hydrogens is 435 g/mol. The molecule has 7 nitrogen and oxygen atoms in total. The zero-order valence-electron chi connectivity index (χ0n) is 19.5. The smallest absolute Gasteiger partial charge is 0.414 e. The fraction of sp³-hybridized carbons (Fsp3) is 0.385. The Morgan fingerprint density at radius 3 is 2.76 bits per heavy atom. The average Bonchev–Trinajstić information content (AvgIpc) is 3.34. The van der Waals surface area contributed by atoms with E-state index in [-0.39, 0.29) is 11.9 Å². The maximum atomic E-state index is 13.9. The molecule has 1 aromatic heterocycles. The van der Waals surface area contributed by atoms with Crippen LogP contribution in [0.2, 0.25) is 0 Å². The average molecular weight is 465 g/mol. The van der Waals surface area contributed by atoms with Crippen LogP contribution in [-0.2, 0) is 11.2 Å². The lowest BCUT2D eigenvalue weighted by Crippen LogP contribution is -2.42. The summed E-state index contributed by atoms with van der Waals surface area (Å²) in [4.78, 5) is 14.2. The predicted octanol–water partition coefficient (Wildman–Crippen LogP) is 5.31. The first-order chi connectivity index (χ1) is 16.5. The number of nitrogens with zero attached hydrogens (tertiary/aromatic N) is 3. The van der Waals surface area contributed by atoms with E-state index in [2.05, 4.69) is 16.6 Å². The highest BCUT2D eigenvalue weighted by atomic mass is 19.1. The summed E-state index contributed by atoms with van der Waals surface area (Å²) >= 11 is 0. The SMILES string of the molecule is COC(=O)N1c2ccc(-c3cnn(C4CCNCC4)c3)c(Oc3cccc(F)c3)c2CCC1C. The molecular formula is C26H29FN4O3. The minimum Gasteiger partial charge on any atom is -0.456 e. The van der Waals surface area contributed by atoms with Crippen LogP contribution >= 0.6 is 0 Å². The van der Waals surface area contributed by atoms with Gasteiger partial charge in [-0.1, -0.05) is 6.07 Å². The molecule has 1 atom stereocenters. The van der Waals surface area contributed by atoms with Crippen LogP contribution < -0.4 is 15.0 Å². The molecule has 34 heavy (non-hydrogen) atoms. The van der Waals surface area contributed by atoms with Crippen molar-refractivity contribution in [2.45, 2.75) is 44.7 Å². The highest BCUT2D eigenvalue weighted by Crippen LogP contribution is 2.45. The summed E-state index contributed by atoms with van der Waals surface area (Å²) in [5, 5.41) is 8.03. The van der Waals surface area contributed by atoms with Gasteiger partial charge < -0.3 is 14.8 Å². The molecule has 1 unspecified atom stereocenters. The van der Waals surface area contributed by atoms with Crippen LogP contribution in [0.4, 0.5) is 14.9 Å². The van der Waals surface area contributed by atoms with Gasteiger partial charge in [0, 0.05) is 35.0 Å². The number of ether oxygens (including phenoxy) is 2. The highest BCUT2D eigenvalue weighted by molar-refractivity contribution is 5.92. The van der Waals surface area contributed by atoms with Crippen LogP contribution in [0.1, 0.15) is 37.8 Å². The molecule has 0 radical (unpaired) electrons. The number of halogens is 1. The molecule has 1 N–H and O–H groups in total. The van der Waals surface area contributed by atoms with Gasteiger partial charge in [0.15, 0.2) is 0 Å². The number of nitrogens with one attached hydrogen (secondary N) is 1. The number of hydrogen-bond acceptors (Lipinski definition) is 5. The van der Waals surface area contributed by atoms with Crippen molar-refractivity contribution in [2.24, 2.45) is 0 Å². The van der Waals surface area contributed by atoms with Crippen molar-refractivity contribution in [1.29, 1.82) is 0 Å². The second-order valence-electron chi connectivity index (χ2n) is 8.92. The van der Waals surface area contributed by atoms with Crippen molar-refractivity contribution in [3.8, 4) is 22.6 Å². The van der Waals surface area contributed by atoms with Crippen molar-refractivity contribution < 1.29 is 18.7 Å². The Kier molecular flexibility index (Phi) is 6.24. The van der Waals surface area contributed by atoms with E-state index in [1.54, 1.807) is 17.0 Å². The molecule has 5 rings (SSSR count). The number of carbonyl (C=O) groups excluding carboxylic acids is 1. The van der Waals surface area contributed by atoms with Gasteiger partial charge in [-0.05, 0) is 70.0 Å². The number of anilines is 1. The lowest BCUT2D eigenvalue weighted by Gasteiger charge is -2.35. The first-order valence-electron chi connectivity index (χ1n) is 11.8. The van der Waals surface area contributed by atoms with Crippen molar-refractivity contribution in [1.82, 2.24) is 15.1 Å². The minimum atomic E-state index is -0.406. The van der Waals surface area contributed by atoms with E-state index in [0.717, 1.165) is 61.2 Å². The molecule has 0 bridgehead atoms. The van der Waals surface area contributed by atoms with Crippen LogP contribution in [-0.4, -0.2) is 42.1 Å². The minimum absolute atomic E-state index is 0.00418. The summed E-state index contributed by atoms with van der Waals surface area (Å²) in [6.45, 7) is 3.96. The molecule has 3 heterocycles. The summed E-state index contributed by atoms with van der Waals surface area (Å²) in [5.74, 6) is 0.657. The Hall–Kier alpha value is -3.39. The Labute approximate surface area is 198 Å². The third kappa shape index (κ3) is 4.25. The predicted molar refractivity (Wildman–Crippen MR) is 128 cm³/mol. The zero-order chi connectivity index (χ0) is 23.7.